The number of carbonyl (C=O) groups excluding carboxylic acids is 3. The Balaban J connectivity index is 1.54. The van der Waals surface area contributed by atoms with Gasteiger partial charge in [-0.3, -0.25) is 14.4 Å². The Morgan fingerprint density at radius 2 is 1.72 bits per heavy atom. The molecule has 134 valence electrons. The fourth-order valence-electron chi connectivity index (χ4n) is 2.95. The zero-order valence-corrected chi connectivity index (χ0v) is 14.3. The van der Waals surface area contributed by atoms with Gasteiger partial charge in [0.15, 0.2) is 0 Å². The van der Waals surface area contributed by atoms with Crippen LogP contribution in [0, 0.1) is 5.41 Å². The number of carbonyl (C=O) groups is 3. The minimum atomic E-state index is -0.963. The molecule has 2 fully saturated rings. The lowest BCUT2D eigenvalue weighted by atomic mass is 10.0. The van der Waals surface area contributed by atoms with Gasteiger partial charge in [-0.1, -0.05) is 0 Å². The van der Waals surface area contributed by atoms with Gasteiger partial charge in [-0.25, -0.2) is 0 Å². The lowest BCUT2D eigenvalue weighted by Gasteiger charge is -2.17. The van der Waals surface area contributed by atoms with Crippen LogP contribution >= 0.6 is 0 Å². The third-order valence-corrected chi connectivity index (χ3v) is 4.60. The van der Waals surface area contributed by atoms with E-state index in [9.17, 15) is 14.4 Å². The van der Waals surface area contributed by atoms with Gasteiger partial charge < -0.3 is 20.7 Å². The molecule has 0 radical (unpaired) electrons. The molecule has 0 bridgehead atoms. The summed E-state index contributed by atoms with van der Waals surface area (Å²) in [5.41, 5.74) is 0.285. The molecule has 7 heteroatoms. The van der Waals surface area contributed by atoms with Crippen LogP contribution in [0.5, 0.6) is 0 Å². The van der Waals surface area contributed by atoms with Crippen LogP contribution in [0.2, 0.25) is 0 Å². The molecule has 7 nitrogen and oxygen atoms in total. The molecule has 1 unspecified atom stereocenters. The Labute approximate surface area is 146 Å². The topological polar surface area (TPSA) is 96.5 Å². The van der Waals surface area contributed by atoms with Crippen molar-refractivity contribution < 1.29 is 19.1 Å². The second-order valence-corrected chi connectivity index (χ2v) is 6.64. The second kappa shape index (κ2) is 7.23. The maximum Gasteiger partial charge on any atom is 0.240 e. The van der Waals surface area contributed by atoms with Gasteiger partial charge in [-0.15, -0.1) is 0 Å². The van der Waals surface area contributed by atoms with Crippen molar-refractivity contribution in [2.75, 3.05) is 23.8 Å². The first-order valence-electron chi connectivity index (χ1n) is 8.59. The van der Waals surface area contributed by atoms with Crippen molar-refractivity contribution in [2.45, 2.75) is 38.7 Å². The zero-order valence-electron chi connectivity index (χ0n) is 14.3. The van der Waals surface area contributed by atoms with Crippen LogP contribution in [0.25, 0.3) is 0 Å². The number of nitrogens with one attached hydrogen (secondary N) is 3. The standard InChI is InChI=1S/C18H23N3O4/c1-12(22)20-13-4-6-14(7-5-13)21-17(24)18(8-9-18)16(23)19-11-15-3-2-10-25-15/h4-7,15H,2-3,8-11H2,1H3,(H,19,23)(H,20,22)(H,21,24). The summed E-state index contributed by atoms with van der Waals surface area (Å²) in [5.74, 6) is -0.670. The first kappa shape index (κ1) is 17.4. The number of amides is 3. The largest absolute Gasteiger partial charge is 0.376 e. The van der Waals surface area contributed by atoms with E-state index >= 15 is 0 Å². The normalized spacial score (nSPS) is 20.6. The van der Waals surface area contributed by atoms with Crippen molar-refractivity contribution in [1.82, 2.24) is 5.32 Å². The molecule has 3 rings (SSSR count). The maximum atomic E-state index is 12.5. The van der Waals surface area contributed by atoms with Crippen LogP contribution in [-0.2, 0) is 19.1 Å². The summed E-state index contributed by atoms with van der Waals surface area (Å²) in [4.78, 5) is 36.0. The summed E-state index contributed by atoms with van der Waals surface area (Å²) in [6.07, 6.45) is 3.13. The summed E-state index contributed by atoms with van der Waals surface area (Å²) in [6.45, 7) is 2.63. The Morgan fingerprint density at radius 1 is 1.08 bits per heavy atom. The Morgan fingerprint density at radius 3 is 2.24 bits per heavy atom. The number of hydrogen-bond acceptors (Lipinski definition) is 4. The molecule has 1 aliphatic carbocycles. The van der Waals surface area contributed by atoms with Crippen LogP contribution in [0.4, 0.5) is 11.4 Å². The van der Waals surface area contributed by atoms with Crippen LogP contribution in [0.3, 0.4) is 0 Å². The van der Waals surface area contributed by atoms with Crippen molar-refractivity contribution >= 4 is 29.1 Å². The van der Waals surface area contributed by atoms with E-state index in [4.69, 9.17) is 4.74 Å². The Kier molecular flexibility index (Phi) is 5.03. The highest BCUT2D eigenvalue weighted by atomic mass is 16.5. The van der Waals surface area contributed by atoms with Gasteiger partial charge in [0.05, 0.1) is 6.10 Å². The van der Waals surface area contributed by atoms with Gasteiger partial charge in [0.25, 0.3) is 0 Å². The third-order valence-electron chi connectivity index (χ3n) is 4.60. The van der Waals surface area contributed by atoms with E-state index in [0.29, 0.717) is 30.8 Å². The van der Waals surface area contributed by atoms with E-state index in [0.717, 1.165) is 19.4 Å². The molecule has 1 aromatic carbocycles. The molecule has 0 aromatic heterocycles. The van der Waals surface area contributed by atoms with Gasteiger partial charge >= 0.3 is 0 Å². The van der Waals surface area contributed by atoms with Crippen LogP contribution in [0.1, 0.15) is 32.6 Å². The third kappa shape index (κ3) is 4.17. The highest BCUT2D eigenvalue weighted by Crippen LogP contribution is 2.46. The highest BCUT2D eigenvalue weighted by molar-refractivity contribution is 6.13. The van der Waals surface area contributed by atoms with E-state index in [1.807, 2.05) is 0 Å². The molecule has 1 aromatic rings. The molecule has 0 spiro atoms. The van der Waals surface area contributed by atoms with Crippen molar-refractivity contribution in [3.63, 3.8) is 0 Å². The smallest absolute Gasteiger partial charge is 0.240 e. The zero-order chi connectivity index (χ0) is 17.9. The molecule has 3 N–H and O–H groups in total. The van der Waals surface area contributed by atoms with Crippen LogP contribution < -0.4 is 16.0 Å². The number of ether oxygens (including phenoxy) is 1. The highest BCUT2D eigenvalue weighted by Gasteiger charge is 2.56. The molecule has 1 atom stereocenters. The van der Waals surface area contributed by atoms with Gasteiger partial charge in [-0.05, 0) is 49.9 Å². The number of hydrogen-bond donors (Lipinski definition) is 3. The summed E-state index contributed by atoms with van der Waals surface area (Å²) in [5, 5.41) is 8.30. The molecule has 1 heterocycles. The van der Waals surface area contributed by atoms with Crippen LogP contribution in [-0.4, -0.2) is 37.0 Å². The lowest BCUT2D eigenvalue weighted by Crippen LogP contribution is -2.42. The van der Waals surface area contributed by atoms with Crippen molar-refractivity contribution in [1.29, 1.82) is 0 Å². The SMILES string of the molecule is CC(=O)Nc1ccc(NC(=O)C2(C(=O)NCC3CCCO3)CC2)cc1. The van der Waals surface area contributed by atoms with Crippen LogP contribution in [0.15, 0.2) is 24.3 Å². The fourth-order valence-corrected chi connectivity index (χ4v) is 2.95. The summed E-state index contributed by atoms with van der Waals surface area (Å²) in [7, 11) is 0. The lowest BCUT2D eigenvalue weighted by molar-refractivity contribution is -0.134. The summed E-state index contributed by atoms with van der Waals surface area (Å²) < 4.78 is 5.49. The number of anilines is 2. The number of rotatable bonds is 6. The van der Waals surface area contributed by atoms with E-state index in [1.165, 1.54) is 6.92 Å². The van der Waals surface area contributed by atoms with Gasteiger partial charge in [0, 0.05) is 31.5 Å². The predicted octanol–water partition coefficient (Wildman–Crippen LogP) is 1.66. The summed E-state index contributed by atoms with van der Waals surface area (Å²) >= 11 is 0. The molecular formula is C18H23N3O4. The van der Waals surface area contributed by atoms with Gasteiger partial charge in [0.1, 0.15) is 5.41 Å². The van der Waals surface area contributed by atoms with Crippen molar-refractivity contribution in [2.24, 2.45) is 5.41 Å². The van der Waals surface area contributed by atoms with Crippen molar-refractivity contribution in [3.05, 3.63) is 24.3 Å². The Bertz CT molecular complexity index is 661. The predicted molar refractivity (Wildman–Crippen MR) is 93.0 cm³/mol. The molecule has 1 saturated carbocycles. The first-order valence-corrected chi connectivity index (χ1v) is 8.59. The average molecular weight is 345 g/mol. The monoisotopic (exact) mass is 345 g/mol. The maximum absolute atomic E-state index is 12.5. The molecule has 25 heavy (non-hydrogen) atoms. The fraction of sp³-hybridized carbons (Fsp3) is 0.500. The van der Waals surface area contributed by atoms with E-state index in [-0.39, 0.29) is 23.8 Å². The van der Waals surface area contributed by atoms with E-state index in [2.05, 4.69) is 16.0 Å². The van der Waals surface area contributed by atoms with Gasteiger partial charge in [-0.2, -0.15) is 0 Å². The minimum Gasteiger partial charge on any atom is -0.376 e. The van der Waals surface area contributed by atoms with E-state index in [1.54, 1.807) is 24.3 Å². The molecule has 1 saturated heterocycles. The van der Waals surface area contributed by atoms with Crippen molar-refractivity contribution in [3.8, 4) is 0 Å². The Hall–Kier alpha value is -2.41. The molecule has 1 aliphatic heterocycles. The quantitative estimate of drug-likeness (QED) is 0.683. The molecule has 3 amide bonds. The first-order chi connectivity index (χ1) is 12.0. The second-order valence-electron chi connectivity index (χ2n) is 6.64. The van der Waals surface area contributed by atoms with E-state index < -0.39 is 5.41 Å². The average Bonchev–Trinajstić information content (AvgIpc) is 3.24. The minimum absolute atomic E-state index is 0.0594. The summed E-state index contributed by atoms with van der Waals surface area (Å²) in [6, 6.07) is 6.80. The van der Waals surface area contributed by atoms with Gasteiger partial charge in [0.2, 0.25) is 17.7 Å². The molecule has 2 aliphatic rings. The molecular weight excluding hydrogens is 322 g/mol. The number of benzene rings is 1.